The summed E-state index contributed by atoms with van der Waals surface area (Å²) in [6.45, 7) is 0. The molecular weight excluding hydrogens is 946 g/mol. The molecule has 9 rings (SSSR count). The first-order valence-corrected chi connectivity index (χ1v) is 22.6. The summed E-state index contributed by atoms with van der Waals surface area (Å²) in [7, 11) is 7.42. The first-order chi connectivity index (χ1) is 35.8. The van der Waals surface area contributed by atoms with Crippen LogP contribution in [-0.4, -0.2) is 67.9 Å². The van der Waals surface area contributed by atoms with Crippen molar-refractivity contribution in [3.63, 3.8) is 0 Å². The van der Waals surface area contributed by atoms with E-state index in [0.29, 0.717) is 50.8 Å². The normalized spacial score (nSPS) is 11.0. The summed E-state index contributed by atoms with van der Waals surface area (Å²) in [5.41, 5.74) is 3.41. The number of fused-ring (bicyclic) bond motifs is 3. The summed E-state index contributed by atoms with van der Waals surface area (Å²) in [6, 6.07) is 41.3. The number of pyridine rings is 3. The van der Waals surface area contributed by atoms with Crippen LogP contribution in [-0.2, 0) is 0 Å². The molecule has 0 bridgehead atoms. The molecule has 14 nitrogen and oxygen atoms in total. The van der Waals surface area contributed by atoms with Gasteiger partial charge in [0.05, 0.1) is 46.7 Å². The number of allylic oxidation sites excluding steroid dienone is 3. The van der Waals surface area contributed by atoms with Gasteiger partial charge >= 0.3 is 0 Å². The number of hydrogen-bond acceptors (Lipinski definition) is 11. The summed E-state index contributed by atoms with van der Waals surface area (Å²) >= 11 is 0. The molecule has 15 heteroatoms. The molecule has 0 saturated heterocycles. The molecule has 0 aliphatic carbocycles. The molecule has 3 heterocycles. The maximum atomic E-state index is 13.4. The third-order valence-corrected chi connectivity index (χ3v) is 11.4. The molecular formula is C59H54FN3O11. The van der Waals surface area contributed by atoms with E-state index < -0.39 is 11.6 Å². The maximum Gasteiger partial charge on any atom is 0.255 e. The van der Waals surface area contributed by atoms with Crippen molar-refractivity contribution in [2.24, 2.45) is 0 Å². The van der Waals surface area contributed by atoms with Crippen molar-refractivity contribution in [1.82, 2.24) is 15.0 Å². The number of nitrogens with one attached hydrogen (secondary N) is 3. The lowest BCUT2D eigenvalue weighted by atomic mass is 10.1. The second kappa shape index (κ2) is 24.3. The number of ketones is 3. The van der Waals surface area contributed by atoms with Gasteiger partial charge in [-0.05, 0) is 131 Å². The number of methoxy groups -OCH3 is 5. The van der Waals surface area contributed by atoms with Crippen LogP contribution in [0.25, 0.3) is 50.9 Å². The molecule has 0 spiro atoms. The minimum absolute atomic E-state index is 0. The smallest absolute Gasteiger partial charge is 0.255 e. The van der Waals surface area contributed by atoms with Gasteiger partial charge < -0.3 is 38.6 Å². The van der Waals surface area contributed by atoms with Crippen molar-refractivity contribution in [2.75, 3.05) is 35.5 Å². The molecule has 0 fully saturated rings. The Kier molecular flexibility index (Phi) is 17.1. The van der Waals surface area contributed by atoms with Crippen molar-refractivity contribution in [3.05, 3.63) is 234 Å². The monoisotopic (exact) mass is 999 g/mol. The van der Waals surface area contributed by atoms with E-state index in [0.717, 1.165) is 38.8 Å². The van der Waals surface area contributed by atoms with E-state index in [1.807, 2.05) is 66.7 Å². The molecule has 0 unspecified atom stereocenters. The molecule has 0 atom stereocenters. The Bertz CT molecular complexity index is 3820. The highest BCUT2D eigenvalue weighted by Gasteiger charge is 2.17. The summed E-state index contributed by atoms with van der Waals surface area (Å²) in [6.07, 6.45) is 8.37. The second-order valence-corrected chi connectivity index (χ2v) is 16.0. The van der Waals surface area contributed by atoms with Crippen molar-refractivity contribution in [1.29, 1.82) is 0 Å². The number of benzene rings is 6. The van der Waals surface area contributed by atoms with E-state index >= 15 is 0 Å². The summed E-state index contributed by atoms with van der Waals surface area (Å²) in [4.78, 5) is 82.0. The first kappa shape index (κ1) is 51.9. The lowest BCUT2D eigenvalue weighted by Crippen LogP contribution is -2.09. The minimum Gasteiger partial charge on any atom is -0.497 e. The summed E-state index contributed by atoms with van der Waals surface area (Å²) in [5.74, 6) is 0.593. The topological polar surface area (TPSA) is 196 Å². The van der Waals surface area contributed by atoms with Crippen LogP contribution in [0.15, 0.2) is 178 Å². The Hall–Kier alpha value is -9.89. The quantitative estimate of drug-likeness (QED) is 0.0692. The van der Waals surface area contributed by atoms with Crippen LogP contribution in [0.4, 0.5) is 4.39 Å². The molecule has 74 heavy (non-hydrogen) atoms. The Morgan fingerprint density at radius 3 is 1.27 bits per heavy atom. The van der Waals surface area contributed by atoms with Gasteiger partial charge in [0.25, 0.3) is 16.7 Å². The fraction of sp³-hybridized carbons (Fsp3) is 0.0847. The van der Waals surface area contributed by atoms with Crippen LogP contribution in [0, 0.1) is 5.82 Å². The van der Waals surface area contributed by atoms with Crippen LogP contribution in [0.1, 0.15) is 52.0 Å². The number of aromatic nitrogens is 3. The summed E-state index contributed by atoms with van der Waals surface area (Å²) < 4.78 is 39.3. The van der Waals surface area contributed by atoms with Gasteiger partial charge in [-0.2, -0.15) is 0 Å². The SMILES string of the molecule is COc1ccc(C(=O)/C=C/c2cc3ccccc3[nH]c2=O)c(OC)c1.COc1ccc(F)cc1C(=O)/C=C/c1cc2ccccc2[nH]c1=O.COc1cccc(OC)c1C(=O)/C=C/c1cc2ccccc2[nH]c1=O.[HH].[HH].[HH]. The van der Waals surface area contributed by atoms with Gasteiger partial charge in [-0.3, -0.25) is 28.8 Å². The van der Waals surface area contributed by atoms with Gasteiger partial charge in [0.2, 0.25) is 0 Å². The molecule has 0 aliphatic heterocycles. The number of halogens is 1. The highest BCUT2D eigenvalue weighted by Crippen LogP contribution is 2.30. The van der Waals surface area contributed by atoms with E-state index in [4.69, 9.17) is 23.7 Å². The molecule has 0 saturated carbocycles. The third-order valence-electron chi connectivity index (χ3n) is 11.4. The Morgan fingerprint density at radius 1 is 0.419 bits per heavy atom. The zero-order chi connectivity index (χ0) is 52.7. The van der Waals surface area contributed by atoms with Crippen molar-refractivity contribution < 1.29 is 46.7 Å². The van der Waals surface area contributed by atoms with Crippen LogP contribution in [0.2, 0.25) is 0 Å². The zero-order valence-corrected chi connectivity index (χ0v) is 40.7. The number of aromatic amines is 3. The Balaban J connectivity index is 0.000000245. The average molecular weight is 1000 g/mol. The fourth-order valence-corrected chi connectivity index (χ4v) is 7.59. The van der Waals surface area contributed by atoms with Gasteiger partial charge in [-0.1, -0.05) is 60.7 Å². The lowest BCUT2D eigenvalue weighted by Gasteiger charge is -2.10. The number of H-pyrrole nitrogens is 3. The molecule has 0 aliphatic rings. The van der Waals surface area contributed by atoms with E-state index in [2.05, 4.69) is 15.0 Å². The van der Waals surface area contributed by atoms with Crippen LogP contribution < -0.4 is 40.4 Å². The van der Waals surface area contributed by atoms with Crippen molar-refractivity contribution in [2.45, 2.75) is 0 Å². The fourth-order valence-electron chi connectivity index (χ4n) is 7.59. The number of para-hydroxylation sites is 3. The number of carbonyl (C=O) groups excluding carboxylic acids is 3. The molecule has 0 radical (unpaired) electrons. The van der Waals surface area contributed by atoms with Crippen molar-refractivity contribution >= 4 is 68.3 Å². The van der Waals surface area contributed by atoms with Crippen LogP contribution in [0.3, 0.4) is 0 Å². The highest BCUT2D eigenvalue weighted by atomic mass is 19.1. The van der Waals surface area contributed by atoms with Gasteiger partial charge in [0.1, 0.15) is 40.1 Å². The largest absolute Gasteiger partial charge is 0.497 e. The second-order valence-electron chi connectivity index (χ2n) is 16.0. The number of hydrogen-bond donors (Lipinski definition) is 3. The van der Waals surface area contributed by atoms with Crippen molar-refractivity contribution in [3.8, 4) is 28.7 Å². The van der Waals surface area contributed by atoms with Crippen LogP contribution in [0.5, 0.6) is 28.7 Å². The van der Waals surface area contributed by atoms with Gasteiger partial charge in [-0.25, -0.2) is 4.39 Å². The van der Waals surface area contributed by atoms with Crippen LogP contribution >= 0.6 is 0 Å². The number of carbonyl (C=O) groups is 3. The summed E-state index contributed by atoms with van der Waals surface area (Å²) in [5, 5.41) is 2.65. The predicted molar refractivity (Wildman–Crippen MR) is 292 cm³/mol. The zero-order valence-electron chi connectivity index (χ0n) is 40.7. The first-order valence-electron chi connectivity index (χ1n) is 22.6. The van der Waals surface area contributed by atoms with Gasteiger partial charge in [0, 0.05) is 43.6 Å². The van der Waals surface area contributed by atoms with E-state index in [1.165, 1.54) is 77.0 Å². The van der Waals surface area contributed by atoms with E-state index in [-0.39, 0.29) is 43.8 Å². The molecule has 3 N–H and O–H groups in total. The minimum atomic E-state index is -0.531. The standard InChI is InChI=1S/2C20H17NO4.C19H14FNO3.3H2/c1-24-17-8-5-9-18(25-2)19(17)16(22)11-10-14-12-13-6-3-4-7-15(13)21-20(14)23;1-24-15-8-9-16(19(12-15)25-2)18(22)10-7-14-11-13-5-3-4-6-17(13)21-20(14)23;1-24-18-9-7-14(20)11-15(18)17(22)8-6-13-10-12-4-2-3-5-16(12)21-19(13)23;;;/h2*3-12H,1-2H3,(H,21,23);2-11H,1H3,(H,21,23);3*1H/b11-10+;10-7+;8-6+;;;. The Labute approximate surface area is 427 Å². The third kappa shape index (κ3) is 12.5. The van der Waals surface area contributed by atoms with Gasteiger partial charge in [-0.15, -0.1) is 0 Å². The number of ether oxygens (including phenoxy) is 5. The molecule has 378 valence electrons. The maximum absolute atomic E-state index is 13.4. The van der Waals surface area contributed by atoms with E-state index in [9.17, 15) is 33.2 Å². The van der Waals surface area contributed by atoms with E-state index in [1.54, 1.807) is 67.8 Å². The predicted octanol–water partition coefficient (Wildman–Crippen LogP) is 11.2. The molecule has 0 amide bonds. The highest BCUT2D eigenvalue weighted by molar-refractivity contribution is 6.11. The molecule has 6 aromatic carbocycles. The lowest BCUT2D eigenvalue weighted by molar-refractivity contribution is 0.103. The average Bonchev–Trinajstić information content (AvgIpc) is 3.42. The molecule has 9 aromatic rings. The molecule has 3 aromatic heterocycles. The van der Waals surface area contributed by atoms with Gasteiger partial charge in [0.15, 0.2) is 17.3 Å². The number of rotatable bonds is 14. The Morgan fingerprint density at radius 2 is 0.838 bits per heavy atom.